The standard InChI is InChI=1S/C27H36N2O/c1-2-28-16-12-22(13-17-28)8-11-27(30)26-10-9-24-14-18-29(19-15-25(24)20-26)21-23-6-4-3-5-7-23/h3-7,9-10,20,22H,2,8,11-19,21H2,1H3. The lowest BCUT2D eigenvalue weighted by molar-refractivity contribution is 0.0963. The van der Waals surface area contributed by atoms with E-state index in [1.54, 1.807) is 0 Å². The number of rotatable bonds is 7. The Morgan fingerprint density at radius 1 is 0.900 bits per heavy atom. The molecule has 0 atom stereocenters. The van der Waals surface area contributed by atoms with Crippen LogP contribution >= 0.6 is 0 Å². The van der Waals surface area contributed by atoms with Gasteiger partial charge in [0.2, 0.25) is 0 Å². The summed E-state index contributed by atoms with van der Waals surface area (Å²) in [5, 5.41) is 0. The van der Waals surface area contributed by atoms with E-state index in [-0.39, 0.29) is 0 Å². The summed E-state index contributed by atoms with van der Waals surface area (Å²) >= 11 is 0. The number of likely N-dealkylation sites (tertiary alicyclic amines) is 1. The van der Waals surface area contributed by atoms with Crippen LogP contribution in [0.15, 0.2) is 48.5 Å². The minimum Gasteiger partial charge on any atom is -0.304 e. The van der Waals surface area contributed by atoms with Gasteiger partial charge in [-0.05, 0) is 80.4 Å². The number of benzene rings is 2. The predicted octanol–water partition coefficient (Wildman–Crippen LogP) is 4.98. The Labute approximate surface area is 182 Å². The molecule has 2 aromatic rings. The summed E-state index contributed by atoms with van der Waals surface area (Å²) in [5.41, 5.74) is 5.11. The molecule has 4 rings (SSSR count). The Kier molecular flexibility index (Phi) is 7.35. The summed E-state index contributed by atoms with van der Waals surface area (Å²) in [6.07, 6.45) is 6.38. The first-order valence-electron chi connectivity index (χ1n) is 11.8. The van der Waals surface area contributed by atoms with Crippen LogP contribution in [-0.4, -0.2) is 48.3 Å². The van der Waals surface area contributed by atoms with Crippen LogP contribution in [0.4, 0.5) is 0 Å². The van der Waals surface area contributed by atoms with Crippen molar-refractivity contribution in [3.8, 4) is 0 Å². The highest BCUT2D eigenvalue weighted by Crippen LogP contribution is 2.24. The summed E-state index contributed by atoms with van der Waals surface area (Å²) in [4.78, 5) is 17.9. The molecule has 2 aromatic carbocycles. The quantitative estimate of drug-likeness (QED) is 0.608. The number of carbonyl (C=O) groups excluding carboxylic acids is 1. The molecule has 2 aliphatic heterocycles. The molecule has 160 valence electrons. The normalized spacial score (nSPS) is 18.7. The van der Waals surface area contributed by atoms with Crippen molar-refractivity contribution in [3.63, 3.8) is 0 Å². The van der Waals surface area contributed by atoms with Crippen LogP contribution in [0.3, 0.4) is 0 Å². The Balaban J connectivity index is 1.30. The minimum atomic E-state index is 0.334. The monoisotopic (exact) mass is 404 g/mol. The molecule has 0 N–H and O–H groups in total. The van der Waals surface area contributed by atoms with Gasteiger partial charge in [0.1, 0.15) is 0 Å². The van der Waals surface area contributed by atoms with Crippen molar-refractivity contribution in [3.05, 3.63) is 70.8 Å². The predicted molar refractivity (Wildman–Crippen MR) is 124 cm³/mol. The number of fused-ring (bicyclic) bond motifs is 1. The third-order valence-corrected chi connectivity index (χ3v) is 7.11. The molecule has 2 aliphatic rings. The maximum absolute atomic E-state index is 12.9. The highest BCUT2D eigenvalue weighted by molar-refractivity contribution is 5.96. The van der Waals surface area contributed by atoms with E-state index in [4.69, 9.17) is 0 Å². The van der Waals surface area contributed by atoms with Crippen molar-refractivity contribution in [1.29, 1.82) is 0 Å². The number of piperidine rings is 1. The van der Waals surface area contributed by atoms with Crippen LogP contribution in [0.25, 0.3) is 0 Å². The van der Waals surface area contributed by atoms with Crippen molar-refractivity contribution in [2.24, 2.45) is 5.92 Å². The van der Waals surface area contributed by atoms with Crippen LogP contribution in [0.1, 0.15) is 59.7 Å². The molecular formula is C27H36N2O. The van der Waals surface area contributed by atoms with Crippen molar-refractivity contribution in [2.45, 2.75) is 52.0 Å². The summed E-state index contributed by atoms with van der Waals surface area (Å²) < 4.78 is 0. The van der Waals surface area contributed by atoms with E-state index in [9.17, 15) is 4.79 Å². The first-order chi connectivity index (χ1) is 14.7. The van der Waals surface area contributed by atoms with Crippen LogP contribution < -0.4 is 0 Å². The van der Waals surface area contributed by atoms with E-state index in [0.29, 0.717) is 12.2 Å². The van der Waals surface area contributed by atoms with Gasteiger partial charge in [0.15, 0.2) is 5.78 Å². The molecular weight excluding hydrogens is 368 g/mol. The molecule has 0 amide bonds. The fourth-order valence-electron chi connectivity index (χ4n) is 5.02. The molecule has 30 heavy (non-hydrogen) atoms. The van der Waals surface area contributed by atoms with Crippen molar-refractivity contribution < 1.29 is 4.79 Å². The van der Waals surface area contributed by atoms with Crippen molar-refractivity contribution in [2.75, 3.05) is 32.7 Å². The van der Waals surface area contributed by atoms with Gasteiger partial charge < -0.3 is 4.90 Å². The number of Topliss-reactive ketones (excluding diaryl/α,β-unsaturated/α-hetero) is 1. The summed E-state index contributed by atoms with van der Waals surface area (Å²) in [5.74, 6) is 1.06. The molecule has 3 nitrogen and oxygen atoms in total. The lowest BCUT2D eigenvalue weighted by Gasteiger charge is -2.30. The van der Waals surface area contributed by atoms with E-state index < -0.39 is 0 Å². The van der Waals surface area contributed by atoms with E-state index in [1.807, 2.05) is 0 Å². The third-order valence-electron chi connectivity index (χ3n) is 7.11. The van der Waals surface area contributed by atoms with Crippen LogP contribution in [0.5, 0.6) is 0 Å². The van der Waals surface area contributed by atoms with Gasteiger partial charge >= 0.3 is 0 Å². The molecule has 1 fully saturated rings. The molecule has 0 radical (unpaired) electrons. The molecule has 0 unspecified atom stereocenters. The second-order valence-electron chi connectivity index (χ2n) is 9.08. The maximum Gasteiger partial charge on any atom is 0.162 e. The van der Waals surface area contributed by atoms with Crippen LogP contribution in [0, 0.1) is 5.92 Å². The molecule has 0 bridgehead atoms. The molecule has 0 aromatic heterocycles. The highest BCUT2D eigenvalue weighted by atomic mass is 16.1. The Bertz CT molecular complexity index is 824. The van der Waals surface area contributed by atoms with Crippen molar-refractivity contribution >= 4 is 5.78 Å². The van der Waals surface area contributed by atoms with Crippen LogP contribution in [-0.2, 0) is 19.4 Å². The SMILES string of the molecule is CCN1CCC(CCC(=O)c2ccc3c(c2)CCN(Cc2ccccc2)CC3)CC1. The molecule has 0 aliphatic carbocycles. The number of hydrogen-bond donors (Lipinski definition) is 0. The second-order valence-corrected chi connectivity index (χ2v) is 9.08. The van der Waals surface area contributed by atoms with Gasteiger partial charge in [0.05, 0.1) is 0 Å². The molecule has 0 saturated carbocycles. The maximum atomic E-state index is 12.9. The number of carbonyl (C=O) groups is 1. The fraction of sp³-hybridized carbons (Fsp3) is 0.519. The summed E-state index contributed by atoms with van der Waals surface area (Å²) in [6, 6.07) is 17.2. The van der Waals surface area contributed by atoms with Gasteiger partial charge in [-0.1, -0.05) is 49.4 Å². The number of nitrogens with zero attached hydrogens (tertiary/aromatic N) is 2. The molecule has 0 spiro atoms. The summed E-state index contributed by atoms with van der Waals surface area (Å²) in [6.45, 7) is 8.96. The largest absolute Gasteiger partial charge is 0.304 e. The van der Waals surface area contributed by atoms with E-state index >= 15 is 0 Å². The molecule has 2 heterocycles. The Morgan fingerprint density at radius 2 is 1.63 bits per heavy atom. The average Bonchev–Trinajstić information content (AvgIpc) is 3.00. The number of ketones is 1. The zero-order chi connectivity index (χ0) is 20.8. The van der Waals surface area contributed by atoms with Gasteiger partial charge in [-0.15, -0.1) is 0 Å². The van der Waals surface area contributed by atoms with Gasteiger partial charge in [-0.3, -0.25) is 9.69 Å². The lowest BCUT2D eigenvalue weighted by Crippen LogP contribution is -2.33. The van der Waals surface area contributed by atoms with Gasteiger partial charge in [-0.25, -0.2) is 0 Å². The van der Waals surface area contributed by atoms with Gasteiger partial charge in [0, 0.05) is 31.6 Å². The fourth-order valence-corrected chi connectivity index (χ4v) is 5.02. The second kappa shape index (κ2) is 10.4. The molecule has 3 heteroatoms. The zero-order valence-corrected chi connectivity index (χ0v) is 18.5. The Morgan fingerprint density at radius 3 is 2.37 bits per heavy atom. The smallest absolute Gasteiger partial charge is 0.162 e. The van der Waals surface area contributed by atoms with E-state index in [2.05, 4.69) is 65.3 Å². The topological polar surface area (TPSA) is 23.6 Å². The highest BCUT2D eigenvalue weighted by Gasteiger charge is 2.20. The first kappa shape index (κ1) is 21.3. The third kappa shape index (κ3) is 5.59. The van der Waals surface area contributed by atoms with Crippen molar-refractivity contribution in [1.82, 2.24) is 9.80 Å². The number of hydrogen-bond acceptors (Lipinski definition) is 3. The zero-order valence-electron chi connectivity index (χ0n) is 18.5. The summed E-state index contributed by atoms with van der Waals surface area (Å²) in [7, 11) is 0. The molecule has 1 saturated heterocycles. The van der Waals surface area contributed by atoms with E-state index in [1.165, 1.54) is 42.6 Å². The van der Waals surface area contributed by atoms with Crippen LogP contribution in [0.2, 0.25) is 0 Å². The van der Waals surface area contributed by atoms with Gasteiger partial charge in [0.25, 0.3) is 0 Å². The van der Waals surface area contributed by atoms with Gasteiger partial charge in [-0.2, -0.15) is 0 Å². The Hall–Kier alpha value is -1.97. The average molecular weight is 405 g/mol. The minimum absolute atomic E-state index is 0.334. The van der Waals surface area contributed by atoms with E-state index in [0.717, 1.165) is 56.9 Å². The lowest BCUT2D eigenvalue weighted by atomic mass is 9.89. The first-order valence-corrected chi connectivity index (χ1v) is 11.8.